The molecule has 0 bridgehead atoms. The van der Waals surface area contributed by atoms with Crippen LogP contribution in [0, 0.1) is 5.41 Å². The van der Waals surface area contributed by atoms with Crippen LogP contribution in [0.3, 0.4) is 0 Å². The molecule has 0 unspecified atom stereocenters. The van der Waals surface area contributed by atoms with Gasteiger partial charge in [0.25, 0.3) is 0 Å². The summed E-state index contributed by atoms with van der Waals surface area (Å²) >= 11 is 0. The molecule has 0 aliphatic heterocycles. The Morgan fingerprint density at radius 2 is 1.91 bits per heavy atom. The SMILES string of the molecule is CCCCCC(C)(C)CO[SiH3]. The van der Waals surface area contributed by atoms with Crippen molar-refractivity contribution < 1.29 is 4.43 Å². The van der Waals surface area contributed by atoms with Crippen LogP contribution in [-0.4, -0.2) is 17.1 Å². The van der Waals surface area contributed by atoms with E-state index in [1.165, 1.54) is 25.7 Å². The van der Waals surface area contributed by atoms with Gasteiger partial charge in [0.1, 0.15) is 10.5 Å². The summed E-state index contributed by atoms with van der Waals surface area (Å²) in [5, 5.41) is 0. The van der Waals surface area contributed by atoms with Gasteiger partial charge in [-0.3, -0.25) is 0 Å². The molecule has 0 atom stereocenters. The van der Waals surface area contributed by atoms with E-state index in [-0.39, 0.29) is 0 Å². The molecule has 0 heterocycles. The van der Waals surface area contributed by atoms with Crippen molar-refractivity contribution in [3.63, 3.8) is 0 Å². The van der Waals surface area contributed by atoms with Gasteiger partial charge >= 0.3 is 0 Å². The third kappa shape index (κ3) is 6.57. The first-order valence-corrected chi connectivity index (χ1v) is 5.43. The summed E-state index contributed by atoms with van der Waals surface area (Å²) in [5.74, 6) is 0. The molecule has 0 spiro atoms. The van der Waals surface area contributed by atoms with Crippen molar-refractivity contribution in [2.45, 2.75) is 46.5 Å². The Morgan fingerprint density at radius 3 is 2.36 bits per heavy atom. The van der Waals surface area contributed by atoms with Crippen LogP contribution in [-0.2, 0) is 4.43 Å². The summed E-state index contributed by atoms with van der Waals surface area (Å²) in [6.45, 7) is 7.78. The Morgan fingerprint density at radius 1 is 1.27 bits per heavy atom. The highest BCUT2D eigenvalue weighted by Gasteiger charge is 2.15. The van der Waals surface area contributed by atoms with Crippen molar-refractivity contribution in [3.05, 3.63) is 0 Å². The Kier molecular flexibility index (Phi) is 5.87. The van der Waals surface area contributed by atoms with Crippen LogP contribution in [0.25, 0.3) is 0 Å². The first-order valence-electron chi connectivity index (χ1n) is 4.61. The highest BCUT2D eigenvalue weighted by Crippen LogP contribution is 2.23. The average molecular weight is 174 g/mol. The summed E-state index contributed by atoms with van der Waals surface area (Å²) < 4.78 is 5.28. The van der Waals surface area contributed by atoms with Gasteiger partial charge in [0.05, 0.1) is 0 Å². The summed E-state index contributed by atoms with van der Waals surface area (Å²) in [4.78, 5) is 0. The van der Waals surface area contributed by atoms with Crippen molar-refractivity contribution in [2.75, 3.05) is 6.61 Å². The van der Waals surface area contributed by atoms with Gasteiger partial charge in [0, 0.05) is 6.61 Å². The molecule has 68 valence electrons. The van der Waals surface area contributed by atoms with Crippen molar-refractivity contribution >= 4 is 10.5 Å². The topological polar surface area (TPSA) is 9.23 Å². The molecular formula is C9H22OSi. The second-order valence-corrected chi connectivity index (χ2v) is 4.63. The van der Waals surface area contributed by atoms with E-state index in [9.17, 15) is 0 Å². The van der Waals surface area contributed by atoms with E-state index in [1.807, 2.05) is 0 Å². The fourth-order valence-corrected chi connectivity index (χ4v) is 2.10. The minimum Gasteiger partial charge on any atom is -0.427 e. The standard InChI is InChI=1S/C9H22OSi/c1-4-5-6-7-9(2,3)8-10-11/h4-8H2,1-3,11H3. The maximum atomic E-state index is 5.28. The molecule has 0 aliphatic carbocycles. The minimum atomic E-state index is 0.414. The monoisotopic (exact) mass is 174 g/mol. The molecule has 0 saturated heterocycles. The zero-order valence-corrected chi connectivity index (χ0v) is 10.4. The van der Waals surface area contributed by atoms with Crippen molar-refractivity contribution in [1.29, 1.82) is 0 Å². The molecule has 1 nitrogen and oxygen atoms in total. The van der Waals surface area contributed by atoms with Gasteiger partial charge in [-0.25, -0.2) is 0 Å². The van der Waals surface area contributed by atoms with E-state index in [2.05, 4.69) is 20.8 Å². The number of hydrogen-bond acceptors (Lipinski definition) is 1. The van der Waals surface area contributed by atoms with E-state index in [0.717, 1.165) is 17.1 Å². The molecule has 2 heteroatoms. The van der Waals surface area contributed by atoms with Gasteiger partial charge in [-0.15, -0.1) is 0 Å². The smallest absolute Gasteiger partial charge is 0.145 e. The van der Waals surface area contributed by atoms with Crippen molar-refractivity contribution in [1.82, 2.24) is 0 Å². The van der Waals surface area contributed by atoms with Gasteiger partial charge in [-0.2, -0.15) is 0 Å². The fraction of sp³-hybridized carbons (Fsp3) is 1.00. The lowest BCUT2D eigenvalue weighted by Crippen LogP contribution is -2.18. The largest absolute Gasteiger partial charge is 0.427 e. The molecule has 0 radical (unpaired) electrons. The zero-order valence-electron chi connectivity index (χ0n) is 8.44. The van der Waals surface area contributed by atoms with Crippen LogP contribution in [0.5, 0.6) is 0 Å². The molecule has 0 aromatic rings. The van der Waals surface area contributed by atoms with Crippen molar-refractivity contribution in [2.24, 2.45) is 5.41 Å². The van der Waals surface area contributed by atoms with Crippen LogP contribution in [0.15, 0.2) is 0 Å². The first-order chi connectivity index (χ1) is 5.12. The van der Waals surface area contributed by atoms with Gasteiger partial charge in [0.15, 0.2) is 0 Å². The Hall–Kier alpha value is 0.177. The maximum absolute atomic E-state index is 5.28. The van der Waals surface area contributed by atoms with Crippen LogP contribution in [0.1, 0.15) is 46.5 Å². The van der Waals surface area contributed by atoms with Gasteiger partial charge in [-0.05, 0) is 11.8 Å². The quantitative estimate of drug-likeness (QED) is 0.441. The second kappa shape index (κ2) is 5.78. The van der Waals surface area contributed by atoms with E-state index in [0.29, 0.717) is 5.41 Å². The van der Waals surface area contributed by atoms with Crippen molar-refractivity contribution in [3.8, 4) is 0 Å². The van der Waals surface area contributed by atoms with Crippen LogP contribution in [0.4, 0.5) is 0 Å². The lowest BCUT2D eigenvalue weighted by Gasteiger charge is -2.23. The Labute approximate surface area is 74.1 Å². The van der Waals surface area contributed by atoms with Gasteiger partial charge in [0.2, 0.25) is 0 Å². The highest BCUT2D eigenvalue weighted by molar-refractivity contribution is 5.97. The molecular weight excluding hydrogens is 152 g/mol. The molecule has 11 heavy (non-hydrogen) atoms. The minimum absolute atomic E-state index is 0.414. The Bertz CT molecular complexity index is 91.6. The lowest BCUT2D eigenvalue weighted by atomic mass is 9.88. The Balaban J connectivity index is 3.38. The normalized spacial score (nSPS) is 12.3. The van der Waals surface area contributed by atoms with E-state index >= 15 is 0 Å². The molecule has 0 N–H and O–H groups in total. The van der Waals surface area contributed by atoms with Crippen LogP contribution >= 0.6 is 0 Å². The predicted octanol–water partition coefficient (Wildman–Crippen LogP) is 1.89. The van der Waals surface area contributed by atoms with E-state index in [1.54, 1.807) is 0 Å². The zero-order chi connectivity index (χ0) is 8.74. The summed E-state index contributed by atoms with van der Waals surface area (Å²) in [6.07, 6.45) is 5.35. The first kappa shape index (κ1) is 11.2. The molecule has 0 amide bonds. The maximum Gasteiger partial charge on any atom is 0.145 e. The fourth-order valence-electron chi connectivity index (χ4n) is 1.32. The summed E-state index contributed by atoms with van der Waals surface area (Å²) in [5.41, 5.74) is 0.414. The number of unbranched alkanes of at least 4 members (excludes halogenated alkanes) is 2. The van der Waals surface area contributed by atoms with Crippen LogP contribution in [0.2, 0.25) is 0 Å². The predicted molar refractivity (Wildman–Crippen MR) is 53.8 cm³/mol. The van der Waals surface area contributed by atoms with Gasteiger partial charge in [-0.1, -0.05) is 40.0 Å². The number of hydrogen-bond donors (Lipinski definition) is 0. The average Bonchev–Trinajstić information content (AvgIpc) is 1.87. The third-order valence-electron chi connectivity index (χ3n) is 1.99. The summed E-state index contributed by atoms with van der Waals surface area (Å²) in [7, 11) is 0.879. The lowest BCUT2D eigenvalue weighted by molar-refractivity contribution is 0.177. The number of rotatable bonds is 6. The molecule has 0 saturated carbocycles. The third-order valence-corrected chi connectivity index (χ3v) is 2.28. The van der Waals surface area contributed by atoms with Crippen LogP contribution < -0.4 is 0 Å². The summed E-state index contributed by atoms with van der Waals surface area (Å²) in [6, 6.07) is 0. The molecule has 0 aromatic carbocycles. The second-order valence-electron chi connectivity index (χ2n) is 4.05. The van der Waals surface area contributed by atoms with E-state index < -0.39 is 0 Å². The molecule has 0 aromatic heterocycles. The highest BCUT2D eigenvalue weighted by atomic mass is 28.2. The van der Waals surface area contributed by atoms with E-state index in [4.69, 9.17) is 4.43 Å². The molecule has 0 rings (SSSR count). The molecule has 0 fully saturated rings. The molecule has 0 aliphatic rings. The van der Waals surface area contributed by atoms with Gasteiger partial charge < -0.3 is 4.43 Å².